The number of nitro groups is 1. The molecule has 4 nitrogen and oxygen atoms in total. The summed E-state index contributed by atoms with van der Waals surface area (Å²) in [5.41, 5.74) is 3.31. The van der Waals surface area contributed by atoms with Gasteiger partial charge in [-0.05, 0) is 41.7 Å². The Morgan fingerprint density at radius 3 is 2.71 bits per heavy atom. The number of hydrogen-bond acceptors (Lipinski definition) is 3. The number of nitro benzene ring substituents is 1. The Labute approximate surface area is 121 Å². The highest BCUT2D eigenvalue weighted by atomic mass is 19.1. The molecule has 1 atom stereocenters. The standard InChI is InChI=1S/C16H15FN2O2/c17-13-4-7-15-12(9-13)3-8-16(15)18-10-11-1-5-14(6-2-11)19(20)21/h1-2,4-7,9,16,18H,3,8,10H2. The van der Waals surface area contributed by atoms with Gasteiger partial charge in [0.15, 0.2) is 0 Å². The van der Waals surface area contributed by atoms with E-state index in [0.29, 0.717) is 6.54 Å². The van der Waals surface area contributed by atoms with Crippen LogP contribution in [0.5, 0.6) is 0 Å². The van der Waals surface area contributed by atoms with E-state index < -0.39 is 4.92 Å². The second-order valence-electron chi connectivity index (χ2n) is 5.24. The van der Waals surface area contributed by atoms with Gasteiger partial charge in [0.2, 0.25) is 0 Å². The van der Waals surface area contributed by atoms with Crippen molar-refractivity contribution in [1.29, 1.82) is 0 Å². The maximum atomic E-state index is 13.2. The third-order valence-corrected chi connectivity index (χ3v) is 3.88. The van der Waals surface area contributed by atoms with Crippen LogP contribution in [0.15, 0.2) is 42.5 Å². The topological polar surface area (TPSA) is 55.2 Å². The molecule has 0 aromatic heterocycles. The van der Waals surface area contributed by atoms with E-state index in [0.717, 1.165) is 29.5 Å². The van der Waals surface area contributed by atoms with Gasteiger partial charge in [-0.3, -0.25) is 10.1 Å². The molecule has 3 rings (SSSR count). The van der Waals surface area contributed by atoms with Crippen LogP contribution in [0.1, 0.15) is 29.2 Å². The number of rotatable bonds is 4. The summed E-state index contributed by atoms with van der Waals surface area (Å²) in [7, 11) is 0. The molecule has 21 heavy (non-hydrogen) atoms. The van der Waals surface area contributed by atoms with Gasteiger partial charge in [0.1, 0.15) is 5.82 Å². The van der Waals surface area contributed by atoms with Crippen LogP contribution in [0, 0.1) is 15.9 Å². The first-order valence-electron chi connectivity index (χ1n) is 6.88. The SMILES string of the molecule is O=[N+]([O-])c1ccc(CNC2CCc3cc(F)ccc32)cc1. The molecule has 2 aromatic carbocycles. The largest absolute Gasteiger partial charge is 0.306 e. The maximum absolute atomic E-state index is 13.2. The van der Waals surface area contributed by atoms with E-state index in [2.05, 4.69) is 5.32 Å². The van der Waals surface area contributed by atoms with Gasteiger partial charge in [-0.15, -0.1) is 0 Å². The zero-order valence-electron chi connectivity index (χ0n) is 11.4. The van der Waals surface area contributed by atoms with Gasteiger partial charge in [0.25, 0.3) is 5.69 Å². The predicted octanol–water partition coefficient (Wildman–Crippen LogP) is 3.51. The molecule has 1 unspecified atom stereocenters. The molecule has 0 amide bonds. The molecular weight excluding hydrogens is 271 g/mol. The summed E-state index contributed by atoms with van der Waals surface area (Å²) in [6.45, 7) is 0.638. The van der Waals surface area contributed by atoms with Crippen LogP contribution in [0.2, 0.25) is 0 Å². The Morgan fingerprint density at radius 1 is 1.24 bits per heavy atom. The summed E-state index contributed by atoms with van der Waals surface area (Å²) in [6.07, 6.45) is 1.83. The molecule has 1 aliphatic carbocycles. The quantitative estimate of drug-likeness (QED) is 0.691. The first-order chi connectivity index (χ1) is 10.1. The summed E-state index contributed by atoms with van der Waals surface area (Å²) < 4.78 is 13.2. The fourth-order valence-corrected chi connectivity index (χ4v) is 2.77. The van der Waals surface area contributed by atoms with Crippen molar-refractivity contribution in [3.63, 3.8) is 0 Å². The zero-order chi connectivity index (χ0) is 14.8. The number of hydrogen-bond donors (Lipinski definition) is 1. The third kappa shape index (κ3) is 2.92. The maximum Gasteiger partial charge on any atom is 0.269 e. The van der Waals surface area contributed by atoms with Crippen LogP contribution in [0.25, 0.3) is 0 Å². The molecule has 5 heteroatoms. The van der Waals surface area contributed by atoms with Crippen LogP contribution < -0.4 is 5.32 Å². The number of halogens is 1. The van der Waals surface area contributed by atoms with Gasteiger partial charge >= 0.3 is 0 Å². The lowest BCUT2D eigenvalue weighted by atomic mass is 10.1. The predicted molar refractivity (Wildman–Crippen MR) is 77.4 cm³/mol. The molecular formula is C16H15FN2O2. The molecule has 2 aromatic rings. The summed E-state index contributed by atoms with van der Waals surface area (Å²) in [5.74, 6) is -0.190. The average Bonchev–Trinajstić information content (AvgIpc) is 2.87. The molecule has 1 N–H and O–H groups in total. The molecule has 108 valence electrons. The van der Waals surface area contributed by atoms with Crippen LogP contribution in [0.4, 0.5) is 10.1 Å². The van der Waals surface area contributed by atoms with Crippen molar-refractivity contribution in [3.8, 4) is 0 Å². The molecule has 0 bridgehead atoms. The molecule has 0 radical (unpaired) electrons. The Bertz CT molecular complexity index is 670. The third-order valence-electron chi connectivity index (χ3n) is 3.88. The second kappa shape index (κ2) is 5.61. The summed E-state index contributed by atoms with van der Waals surface area (Å²) in [4.78, 5) is 10.2. The van der Waals surface area contributed by atoms with Crippen LogP contribution in [0.3, 0.4) is 0 Å². The van der Waals surface area contributed by atoms with Gasteiger partial charge in [0.05, 0.1) is 4.92 Å². The highest BCUT2D eigenvalue weighted by Gasteiger charge is 2.22. The van der Waals surface area contributed by atoms with Crippen LogP contribution in [-0.4, -0.2) is 4.92 Å². The van der Waals surface area contributed by atoms with Crippen molar-refractivity contribution in [1.82, 2.24) is 5.32 Å². The minimum atomic E-state index is -0.404. The Kier molecular flexibility index (Phi) is 3.66. The lowest BCUT2D eigenvalue weighted by molar-refractivity contribution is -0.384. The average molecular weight is 286 g/mol. The molecule has 0 heterocycles. The highest BCUT2D eigenvalue weighted by molar-refractivity contribution is 5.36. The number of non-ortho nitro benzene ring substituents is 1. The number of nitrogens with zero attached hydrogens (tertiary/aromatic N) is 1. The van der Waals surface area contributed by atoms with Gasteiger partial charge in [-0.25, -0.2) is 4.39 Å². The minimum Gasteiger partial charge on any atom is -0.306 e. The van der Waals surface area contributed by atoms with Crippen molar-refractivity contribution in [2.24, 2.45) is 0 Å². The Morgan fingerprint density at radius 2 is 2.00 bits per heavy atom. The fraction of sp³-hybridized carbons (Fsp3) is 0.250. The van der Waals surface area contributed by atoms with Gasteiger partial charge in [-0.2, -0.15) is 0 Å². The van der Waals surface area contributed by atoms with Crippen LogP contribution >= 0.6 is 0 Å². The smallest absolute Gasteiger partial charge is 0.269 e. The van der Waals surface area contributed by atoms with Gasteiger partial charge < -0.3 is 5.32 Å². The number of aryl methyl sites for hydroxylation is 1. The zero-order valence-corrected chi connectivity index (χ0v) is 11.4. The van der Waals surface area contributed by atoms with Crippen molar-refractivity contribution in [2.75, 3.05) is 0 Å². The lowest BCUT2D eigenvalue weighted by Crippen LogP contribution is -2.18. The van der Waals surface area contributed by atoms with E-state index in [1.165, 1.54) is 18.2 Å². The lowest BCUT2D eigenvalue weighted by Gasteiger charge is -2.14. The van der Waals surface area contributed by atoms with Crippen molar-refractivity contribution >= 4 is 5.69 Å². The minimum absolute atomic E-state index is 0.0976. The van der Waals surface area contributed by atoms with E-state index in [-0.39, 0.29) is 17.5 Å². The van der Waals surface area contributed by atoms with Crippen LogP contribution in [-0.2, 0) is 13.0 Å². The van der Waals surface area contributed by atoms with E-state index >= 15 is 0 Å². The van der Waals surface area contributed by atoms with Gasteiger partial charge in [0, 0.05) is 24.7 Å². The summed E-state index contributed by atoms with van der Waals surface area (Å²) >= 11 is 0. The van der Waals surface area contributed by atoms with Crippen molar-refractivity contribution in [3.05, 3.63) is 75.1 Å². The first kappa shape index (κ1) is 13.7. The van der Waals surface area contributed by atoms with E-state index in [1.54, 1.807) is 18.2 Å². The van der Waals surface area contributed by atoms with Crippen molar-refractivity contribution < 1.29 is 9.31 Å². The monoisotopic (exact) mass is 286 g/mol. The normalized spacial score (nSPS) is 16.7. The highest BCUT2D eigenvalue weighted by Crippen LogP contribution is 2.31. The molecule has 0 saturated carbocycles. The Balaban J connectivity index is 1.65. The number of benzene rings is 2. The summed E-state index contributed by atoms with van der Waals surface area (Å²) in [5, 5.41) is 14.0. The molecule has 0 spiro atoms. The number of nitrogens with one attached hydrogen (secondary N) is 1. The number of fused-ring (bicyclic) bond motifs is 1. The van der Waals surface area contributed by atoms with Gasteiger partial charge in [-0.1, -0.05) is 18.2 Å². The second-order valence-corrected chi connectivity index (χ2v) is 5.24. The van der Waals surface area contributed by atoms with E-state index in [1.807, 2.05) is 6.07 Å². The fourth-order valence-electron chi connectivity index (χ4n) is 2.77. The first-order valence-corrected chi connectivity index (χ1v) is 6.88. The molecule has 0 aliphatic heterocycles. The van der Waals surface area contributed by atoms with Crippen molar-refractivity contribution in [2.45, 2.75) is 25.4 Å². The molecule has 1 aliphatic rings. The molecule has 0 saturated heterocycles. The summed E-state index contributed by atoms with van der Waals surface area (Å²) in [6, 6.07) is 11.7. The van der Waals surface area contributed by atoms with E-state index in [4.69, 9.17) is 0 Å². The van der Waals surface area contributed by atoms with E-state index in [9.17, 15) is 14.5 Å². The Hall–Kier alpha value is -2.27. The molecule has 0 fully saturated rings.